The van der Waals surface area contributed by atoms with Crippen LogP contribution in [-0.4, -0.2) is 4.98 Å². The molecule has 2 N–H and O–H groups in total. The first-order valence-corrected chi connectivity index (χ1v) is 6.33. The molecule has 3 rings (SSSR count). The van der Waals surface area contributed by atoms with E-state index in [0.717, 1.165) is 17.0 Å². The van der Waals surface area contributed by atoms with Gasteiger partial charge in [-0.15, -0.1) is 0 Å². The van der Waals surface area contributed by atoms with Crippen LogP contribution in [0.25, 0.3) is 11.1 Å². The third-order valence-corrected chi connectivity index (χ3v) is 3.30. The number of oxazole rings is 1. The maximum Gasteiger partial charge on any atom is 0.199 e. The highest BCUT2D eigenvalue weighted by atomic mass is 16.3. The molecule has 2 aromatic carbocycles. The zero-order valence-corrected chi connectivity index (χ0v) is 11.1. The molecule has 0 radical (unpaired) electrons. The normalized spacial score (nSPS) is 11.1. The van der Waals surface area contributed by atoms with Gasteiger partial charge in [-0.1, -0.05) is 23.8 Å². The number of aromatic nitrogens is 1. The number of aryl methyl sites for hydroxylation is 2. The van der Waals surface area contributed by atoms with E-state index in [-0.39, 0.29) is 0 Å². The molecule has 3 heteroatoms. The van der Waals surface area contributed by atoms with Crippen LogP contribution in [0.1, 0.15) is 22.6 Å². The van der Waals surface area contributed by atoms with Gasteiger partial charge in [-0.25, -0.2) is 4.98 Å². The number of benzene rings is 2. The van der Waals surface area contributed by atoms with E-state index in [1.165, 1.54) is 16.7 Å². The van der Waals surface area contributed by atoms with Crippen molar-refractivity contribution in [2.75, 3.05) is 5.73 Å². The lowest BCUT2D eigenvalue weighted by Gasteiger charge is -2.04. The lowest BCUT2D eigenvalue weighted by Crippen LogP contribution is -1.92. The molecule has 0 unspecified atom stereocenters. The molecule has 0 atom stereocenters. The van der Waals surface area contributed by atoms with Crippen molar-refractivity contribution in [2.45, 2.75) is 20.3 Å². The lowest BCUT2D eigenvalue weighted by molar-refractivity contribution is 0.543. The molecule has 0 aliphatic carbocycles. The Bertz CT molecular complexity index is 744. The zero-order chi connectivity index (χ0) is 13.4. The minimum atomic E-state index is 0.707. The summed E-state index contributed by atoms with van der Waals surface area (Å²) in [5.74, 6) is 0.731. The predicted octanol–water partition coefficient (Wildman–Crippen LogP) is 3.62. The third kappa shape index (κ3) is 2.32. The van der Waals surface area contributed by atoms with Crippen LogP contribution in [0.15, 0.2) is 40.8 Å². The summed E-state index contributed by atoms with van der Waals surface area (Å²) in [7, 11) is 0. The summed E-state index contributed by atoms with van der Waals surface area (Å²) in [6.45, 7) is 4.20. The highest BCUT2D eigenvalue weighted by Crippen LogP contribution is 2.21. The van der Waals surface area contributed by atoms with Crippen LogP contribution >= 0.6 is 0 Å². The number of fused-ring (bicyclic) bond motifs is 1. The average molecular weight is 252 g/mol. The maximum absolute atomic E-state index is 5.76. The topological polar surface area (TPSA) is 52.0 Å². The molecule has 19 heavy (non-hydrogen) atoms. The molecule has 1 heterocycles. The predicted molar refractivity (Wildman–Crippen MR) is 77.1 cm³/mol. The Morgan fingerprint density at radius 2 is 1.95 bits per heavy atom. The minimum absolute atomic E-state index is 0.707. The summed E-state index contributed by atoms with van der Waals surface area (Å²) in [4.78, 5) is 4.49. The van der Waals surface area contributed by atoms with E-state index in [1.54, 1.807) is 0 Å². The summed E-state index contributed by atoms with van der Waals surface area (Å²) in [6, 6.07) is 12.0. The summed E-state index contributed by atoms with van der Waals surface area (Å²) < 4.78 is 5.76. The van der Waals surface area contributed by atoms with Gasteiger partial charge < -0.3 is 10.2 Å². The van der Waals surface area contributed by atoms with Crippen molar-refractivity contribution in [3.05, 3.63) is 59.0 Å². The lowest BCUT2D eigenvalue weighted by atomic mass is 10.0. The van der Waals surface area contributed by atoms with Gasteiger partial charge in [-0.05, 0) is 43.2 Å². The second kappa shape index (κ2) is 4.43. The molecule has 3 nitrogen and oxygen atoms in total. The van der Waals surface area contributed by atoms with E-state index >= 15 is 0 Å². The van der Waals surface area contributed by atoms with E-state index in [2.05, 4.69) is 37.0 Å². The Kier molecular flexibility index (Phi) is 2.75. The molecule has 96 valence electrons. The maximum atomic E-state index is 5.76. The highest BCUT2D eigenvalue weighted by molar-refractivity contribution is 5.76. The standard InChI is InChI=1S/C16H16N2O/c1-10-3-4-11(2)12(7-10)8-16-18-14-9-13(17)5-6-15(14)19-16/h3-7,9H,8,17H2,1-2H3. The van der Waals surface area contributed by atoms with Crippen molar-refractivity contribution in [1.82, 2.24) is 4.98 Å². The van der Waals surface area contributed by atoms with Gasteiger partial charge in [0.05, 0.1) is 0 Å². The molecule has 0 aliphatic rings. The quantitative estimate of drug-likeness (QED) is 0.709. The first-order valence-electron chi connectivity index (χ1n) is 6.33. The Balaban J connectivity index is 1.98. The molecule has 3 aromatic rings. The van der Waals surface area contributed by atoms with Gasteiger partial charge in [0.25, 0.3) is 0 Å². The molecule has 0 amide bonds. The van der Waals surface area contributed by atoms with Crippen molar-refractivity contribution in [3.8, 4) is 0 Å². The Labute approximate surface area is 112 Å². The molecular weight excluding hydrogens is 236 g/mol. The van der Waals surface area contributed by atoms with Crippen LogP contribution in [-0.2, 0) is 6.42 Å². The van der Waals surface area contributed by atoms with Crippen LogP contribution in [0.5, 0.6) is 0 Å². The van der Waals surface area contributed by atoms with E-state index in [0.29, 0.717) is 12.1 Å². The molecule has 1 aromatic heterocycles. The number of hydrogen-bond acceptors (Lipinski definition) is 3. The van der Waals surface area contributed by atoms with Gasteiger partial charge in [0.2, 0.25) is 0 Å². The Morgan fingerprint density at radius 3 is 2.79 bits per heavy atom. The molecule has 0 aliphatic heterocycles. The molecule has 0 bridgehead atoms. The van der Waals surface area contributed by atoms with Crippen LogP contribution < -0.4 is 5.73 Å². The average Bonchev–Trinajstić information content (AvgIpc) is 2.75. The first kappa shape index (κ1) is 11.8. The van der Waals surface area contributed by atoms with Crippen molar-refractivity contribution in [1.29, 1.82) is 0 Å². The first-order chi connectivity index (χ1) is 9.11. The number of nitrogens with zero attached hydrogens (tertiary/aromatic N) is 1. The van der Waals surface area contributed by atoms with Crippen LogP contribution in [0, 0.1) is 13.8 Å². The van der Waals surface area contributed by atoms with Gasteiger partial charge in [0.15, 0.2) is 11.5 Å². The largest absolute Gasteiger partial charge is 0.440 e. The second-order valence-corrected chi connectivity index (χ2v) is 4.94. The van der Waals surface area contributed by atoms with Gasteiger partial charge in [-0.3, -0.25) is 0 Å². The van der Waals surface area contributed by atoms with Crippen LogP contribution in [0.4, 0.5) is 5.69 Å². The fourth-order valence-corrected chi connectivity index (χ4v) is 2.22. The zero-order valence-electron chi connectivity index (χ0n) is 11.1. The fourth-order valence-electron chi connectivity index (χ4n) is 2.22. The molecule has 0 saturated carbocycles. The third-order valence-electron chi connectivity index (χ3n) is 3.30. The van der Waals surface area contributed by atoms with Gasteiger partial charge in [0, 0.05) is 12.1 Å². The number of nitrogen functional groups attached to an aromatic ring is 1. The van der Waals surface area contributed by atoms with Gasteiger partial charge >= 0.3 is 0 Å². The van der Waals surface area contributed by atoms with Crippen molar-refractivity contribution < 1.29 is 4.42 Å². The number of anilines is 1. The van der Waals surface area contributed by atoms with Crippen LogP contribution in [0.3, 0.4) is 0 Å². The summed E-state index contributed by atoms with van der Waals surface area (Å²) >= 11 is 0. The van der Waals surface area contributed by atoms with Crippen molar-refractivity contribution >= 4 is 16.8 Å². The number of hydrogen-bond donors (Lipinski definition) is 1. The van der Waals surface area contributed by atoms with Crippen molar-refractivity contribution in [3.63, 3.8) is 0 Å². The molecule has 0 saturated heterocycles. The van der Waals surface area contributed by atoms with E-state index in [4.69, 9.17) is 10.2 Å². The van der Waals surface area contributed by atoms with E-state index < -0.39 is 0 Å². The van der Waals surface area contributed by atoms with Crippen molar-refractivity contribution in [2.24, 2.45) is 0 Å². The van der Waals surface area contributed by atoms with E-state index in [1.807, 2.05) is 18.2 Å². The minimum Gasteiger partial charge on any atom is -0.440 e. The van der Waals surface area contributed by atoms with Gasteiger partial charge in [-0.2, -0.15) is 0 Å². The molecule has 0 spiro atoms. The molecular formula is C16H16N2O. The monoisotopic (exact) mass is 252 g/mol. The smallest absolute Gasteiger partial charge is 0.199 e. The summed E-state index contributed by atoms with van der Waals surface area (Å²) in [5, 5.41) is 0. The highest BCUT2D eigenvalue weighted by Gasteiger charge is 2.08. The Morgan fingerprint density at radius 1 is 1.11 bits per heavy atom. The van der Waals surface area contributed by atoms with Gasteiger partial charge in [0.1, 0.15) is 5.52 Å². The summed E-state index contributed by atoms with van der Waals surface area (Å²) in [5.41, 5.74) is 11.8. The van der Waals surface area contributed by atoms with Crippen LogP contribution in [0.2, 0.25) is 0 Å². The number of rotatable bonds is 2. The fraction of sp³-hybridized carbons (Fsp3) is 0.188. The Hall–Kier alpha value is -2.29. The SMILES string of the molecule is Cc1ccc(C)c(Cc2nc3cc(N)ccc3o2)c1. The van der Waals surface area contributed by atoms with E-state index in [9.17, 15) is 0 Å². The molecule has 0 fully saturated rings. The second-order valence-electron chi connectivity index (χ2n) is 4.94. The number of nitrogens with two attached hydrogens (primary N) is 1. The summed E-state index contributed by atoms with van der Waals surface area (Å²) in [6.07, 6.45) is 0.710.